The highest BCUT2D eigenvalue weighted by Gasteiger charge is 2.38. The van der Waals surface area contributed by atoms with Gasteiger partial charge in [-0.3, -0.25) is 25.1 Å². The topological polar surface area (TPSA) is 102 Å². The van der Waals surface area contributed by atoms with Crippen LogP contribution in [0.5, 0.6) is 0 Å². The zero-order valence-corrected chi connectivity index (χ0v) is 19.8. The van der Waals surface area contributed by atoms with Gasteiger partial charge in [0.1, 0.15) is 0 Å². The lowest BCUT2D eigenvalue weighted by molar-refractivity contribution is -0.391. The van der Waals surface area contributed by atoms with Crippen LogP contribution >= 0.6 is 0 Å². The predicted octanol–water partition coefficient (Wildman–Crippen LogP) is 8.49. The molecule has 0 radical (unpaired) electrons. The average Bonchev–Trinajstić information content (AvgIpc) is 2.94. The molecule has 6 aromatic carbocycles. The van der Waals surface area contributed by atoms with E-state index in [0.717, 1.165) is 32.9 Å². The minimum Gasteiger partial charge on any atom is -0.351 e. The van der Waals surface area contributed by atoms with E-state index in [2.05, 4.69) is 5.32 Å². The predicted molar refractivity (Wildman–Crippen MR) is 150 cm³/mol. The van der Waals surface area contributed by atoms with E-state index in [0.29, 0.717) is 22.1 Å². The number of hydrogen-bond acceptors (Lipinski definition) is 6. The third-order valence-electron chi connectivity index (χ3n) is 7.12. The molecule has 0 saturated carbocycles. The lowest BCUT2D eigenvalue weighted by Gasteiger charge is -2.35. The molecule has 0 aliphatic carbocycles. The lowest BCUT2D eigenvalue weighted by atomic mass is 9.97. The monoisotopic (exact) mass is 498 g/mol. The first kappa shape index (κ1) is 21.8. The van der Waals surface area contributed by atoms with Crippen molar-refractivity contribution in [2.24, 2.45) is 0 Å². The zero-order chi connectivity index (χ0) is 26.0. The Morgan fingerprint density at radius 2 is 1.08 bits per heavy atom. The van der Waals surface area contributed by atoms with E-state index in [9.17, 15) is 20.2 Å². The van der Waals surface area contributed by atoms with E-state index in [-0.39, 0.29) is 17.1 Å². The maximum atomic E-state index is 12.6. The number of hydrogen-bond donors (Lipinski definition) is 1. The molecule has 0 unspecified atom stereocenters. The van der Waals surface area contributed by atoms with Crippen LogP contribution in [0.3, 0.4) is 0 Å². The maximum Gasteiger partial charge on any atom is 0.308 e. The largest absolute Gasteiger partial charge is 0.351 e. The van der Waals surface area contributed by atoms with E-state index < -0.39 is 9.85 Å². The van der Waals surface area contributed by atoms with Gasteiger partial charge in [-0.15, -0.1) is 0 Å². The molecular formula is C30H18N4O4. The molecule has 0 atom stereocenters. The molecular weight excluding hydrogens is 480 g/mol. The fraction of sp³-hybridized carbons (Fsp3) is 0. The first-order chi connectivity index (χ1) is 18.5. The van der Waals surface area contributed by atoms with Crippen LogP contribution in [-0.4, -0.2) is 9.85 Å². The molecule has 0 fully saturated rings. The summed E-state index contributed by atoms with van der Waals surface area (Å²) in [7, 11) is 0. The van der Waals surface area contributed by atoms with Gasteiger partial charge in [0, 0.05) is 16.8 Å². The van der Waals surface area contributed by atoms with Gasteiger partial charge in [-0.1, -0.05) is 78.9 Å². The summed E-state index contributed by atoms with van der Waals surface area (Å²) in [5, 5.41) is 33.2. The minimum absolute atomic E-state index is 0.0757. The molecule has 0 aromatic heterocycles. The molecule has 6 aromatic rings. The molecule has 1 aliphatic heterocycles. The Kier molecular flexibility index (Phi) is 4.58. The number of nitro groups is 2. The van der Waals surface area contributed by atoms with Crippen LogP contribution in [0.2, 0.25) is 0 Å². The second kappa shape index (κ2) is 8.01. The standard InChI is InChI=1S/C30H18N4O4/c35-33(36)26-17-20-9-3-6-12-23(20)29(34(37)38)30(26)32-24-15-13-18-7-1-4-10-21(18)27(24)31-28-22-11-5-2-8-19(22)14-16-25(28)32/h1-17,31H. The molecule has 1 aliphatic rings. The Hall–Kier alpha value is -5.50. The Labute approximate surface area is 215 Å². The second-order valence-corrected chi connectivity index (χ2v) is 9.15. The number of rotatable bonds is 3. The number of nitro benzene ring substituents is 2. The van der Waals surface area contributed by atoms with Crippen molar-refractivity contribution in [1.82, 2.24) is 0 Å². The van der Waals surface area contributed by atoms with Gasteiger partial charge >= 0.3 is 11.4 Å². The van der Waals surface area contributed by atoms with E-state index in [4.69, 9.17) is 0 Å². The molecule has 8 nitrogen and oxygen atoms in total. The molecule has 0 bridgehead atoms. The van der Waals surface area contributed by atoms with Crippen LogP contribution in [-0.2, 0) is 0 Å². The summed E-state index contributed by atoms with van der Waals surface area (Å²) in [6, 6.07) is 31.3. The Morgan fingerprint density at radius 3 is 1.61 bits per heavy atom. The number of nitrogens with zero attached hydrogens (tertiary/aromatic N) is 3. The third-order valence-corrected chi connectivity index (χ3v) is 7.12. The smallest absolute Gasteiger partial charge is 0.308 e. The maximum absolute atomic E-state index is 12.6. The molecule has 7 rings (SSSR count). The summed E-state index contributed by atoms with van der Waals surface area (Å²) in [6.45, 7) is 0. The Balaban J connectivity index is 1.68. The van der Waals surface area contributed by atoms with Crippen LogP contribution < -0.4 is 10.2 Å². The lowest BCUT2D eigenvalue weighted by Crippen LogP contribution is -2.20. The quantitative estimate of drug-likeness (QED) is 0.194. The molecule has 0 spiro atoms. The van der Waals surface area contributed by atoms with E-state index in [1.807, 2.05) is 72.8 Å². The highest BCUT2D eigenvalue weighted by Crippen LogP contribution is 2.57. The van der Waals surface area contributed by atoms with Crippen molar-refractivity contribution >= 4 is 72.1 Å². The van der Waals surface area contributed by atoms with Crippen molar-refractivity contribution in [3.05, 3.63) is 123 Å². The van der Waals surface area contributed by atoms with Gasteiger partial charge in [0.05, 0.1) is 38.0 Å². The fourth-order valence-corrected chi connectivity index (χ4v) is 5.50. The van der Waals surface area contributed by atoms with Crippen molar-refractivity contribution in [2.45, 2.75) is 0 Å². The summed E-state index contributed by atoms with van der Waals surface area (Å²) in [4.78, 5) is 25.7. The van der Waals surface area contributed by atoms with Crippen LogP contribution in [0.25, 0.3) is 32.3 Å². The number of benzene rings is 6. The first-order valence-electron chi connectivity index (χ1n) is 12.0. The molecule has 1 heterocycles. The van der Waals surface area contributed by atoms with Gasteiger partial charge in [0.15, 0.2) is 0 Å². The Bertz CT molecular complexity index is 1900. The zero-order valence-electron chi connectivity index (χ0n) is 19.8. The normalized spacial score (nSPS) is 12.3. The number of anilines is 5. The average molecular weight is 498 g/mol. The molecule has 0 saturated heterocycles. The van der Waals surface area contributed by atoms with Crippen LogP contribution in [0, 0.1) is 20.2 Å². The van der Waals surface area contributed by atoms with Crippen molar-refractivity contribution in [3.63, 3.8) is 0 Å². The Morgan fingerprint density at radius 1 is 0.579 bits per heavy atom. The van der Waals surface area contributed by atoms with Gasteiger partial charge in [0.2, 0.25) is 5.69 Å². The van der Waals surface area contributed by atoms with Gasteiger partial charge in [-0.2, -0.15) is 0 Å². The highest BCUT2D eigenvalue weighted by atomic mass is 16.6. The van der Waals surface area contributed by atoms with Gasteiger partial charge in [-0.25, -0.2) is 0 Å². The number of fused-ring (bicyclic) bond motifs is 7. The summed E-state index contributed by atoms with van der Waals surface area (Å²) in [5.74, 6) is 0. The van der Waals surface area contributed by atoms with Crippen molar-refractivity contribution in [3.8, 4) is 0 Å². The van der Waals surface area contributed by atoms with Crippen molar-refractivity contribution < 1.29 is 9.85 Å². The summed E-state index contributed by atoms with van der Waals surface area (Å²) >= 11 is 0. The van der Waals surface area contributed by atoms with Crippen molar-refractivity contribution in [2.75, 3.05) is 10.2 Å². The highest BCUT2D eigenvalue weighted by molar-refractivity contribution is 6.16. The van der Waals surface area contributed by atoms with Gasteiger partial charge < -0.3 is 5.32 Å². The second-order valence-electron chi connectivity index (χ2n) is 9.15. The number of nitrogens with one attached hydrogen (secondary N) is 1. The third kappa shape index (κ3) is 3.04. The van der Waals surface area contributed by atoms with Crippen LogP contribution in [0.4, 0.5) is 39.8 Å². The van der Waals surface area contributed by atoms with Gasteiger partial charge in [0.25, 0.3) is 0 Å². The van der Waals surface area contributed by atoms with Crippen LogP contribution in [0.15, 0.2) is 103 Å². The molecule has 1 N–H and O–H groups in total. The summed E-state index contributed by atoms with van der Waals surface area (Å²) in [6.07, 6.45) is 0. The summed E-state index contributed by atoms with van der Waals surface area (Å²) < 4.78 is 0. The van der Waals surface area contributed by atoms with Gasteiger partial charge in [-0.05, 0) is 34.4 Å². The van der Waals surface area contributed by atoms with E-state index >= 15 is 0 Å². The van der Waals surface area contributed by atoms with E-state index in [1.54, 1.807) is 29.2 Å². The molecule has 182 valence electrons. The molecule has 38 heavy (non-hydrogen) atoms. The SMILES string of the molecule is O=[N+]([O-])c1cc2ccccc2c([N+](=O)[O-])c1N1c2ccc3ccccc3c2Nc2c1ccc1ccccc21. The summed E-state index contributed by atoms with van der Waals surface area (Å²) in [5.41, 5.74) is 1.91. The van der Waals surface area contributed by atoms with Crippen LogP contribution in [0.1, 0.15) is 0 Å². The fourth-order valence-electron chi connectivity index (χ4n) is 5.50. The first-order valence-corrected chi connectivity index (χ1v) is 12.0. The molecule has 8 heteroatoms. The molecule has 0 amide bonds. The van der Waals surface area contributed by atoms with Crippen molar-refractivity contribution in [1.29, 1.82) is 0 Å². The van der Waals surface area contributed by atoms with E-state index in [1.165, 1.54) is 6.07 Å². The minimum atomic E-state index is -0.543.